The van der Waals surface area contributed by atoms with Gasteiger partial charge < -0.3 is 29.9 Å². The summed E-state index contributed by atoms with van der Waals surface area (Å²) >= 11 is 0. The Hall–Kier alpha value is -3.00. The van der Waals surface area contributed by atoms with Crippen LogP contribution in [0.15, 0.2) is 41.5 Å². The molecule has 2 N–H and O–H groups in total. The van der Waals surface area contributed by atoms with Crippen LogP contribution in [-0.2, 0) is 6.54 Å². The number of benzene rings is 1. The highest BCUT2D eigenvalue weighted by atomic mass is 16.5. The van der Waals surface area contributed by atoms with Crippen LogP contribution in [0.4, 0.5) is 11.5 Å². The van der Waals surface area contributed by atoms with E-state index in [4.69, 9.17) is 9.47 Å². The van der Waals surface area contributed by atoms with Crippen molar-refractivity contribution in [3.05, 3.63) is 42.1 Å². The van der Waals surface area contributed by atoms with Crippen LogP contribution in [0.3, 0.4) is 0 Å². The number of pyridine rings is 1. The van der Waals surface area contributed by atoms with Crippen molar-refractivity contribution in [3.8, 4) is 11.5 Å². The Morgan fingerprint density at radius 1 is 1.10 bits per heavy atom. The van der Waals surface area contributed by atoms with E-state index in [1.165, 1.54) is 0 Å². The molecule has 1 aliphatic rings. The van der Waals surface area contributed by atoms with E-state index in [2.05, 4.69) is 43.4 Å². The Kier molecular flexibility index (Phi) is 8.35. The summed E-state index contributed by atoms with van der Waals surface area (Å²) in [5, 5.41) is 6.67. The van der Waals surface area contributed by atoms with Crippen LogP contribution in [0.1, 0.15) is 19.4 Å². The Balaban J connectivity index is 1.59. The van der Waals surface area contributed by atoms with E-state index in [9.17, 15) is 0 Å². The van der Waals surface area contributed by atoms with Gasteiger partial charge in [0, 0.05) is 57.7 Å². The third-order valence-electron chi connectivity index (χ3n) is 5.36. The first kappa shape index (κ1) is 22.7. The molecule has 1 saturated heterocycles. The second kappa shape index (κ2) is 11.4. The average molecular weight is 427 g/mol. The summed E-state index contributed by atoms with van der Waals surface area (Å²) in [4.78, 5) is 13.7. The monoisotopic (exact) mass is 426 g/mol. The van der Waals surface area contributed by atoms with Crippen LogP contribution in [0.2, 0.25) is 0 Å². The Morgan fingerprint density at radius 3 is 2.58 bits per heavy atom. The second-order valence-electron chi connectivity index (χ2n) is 7.29. The molecule has 1 fully saturated rings. The van der Waals surface area contributed by atoms with E-state index in [-0.39, 0.29) is 0 Å². The first-order valence-electron chi connectivity index (χ1n) is 10.9. The highest BCUT2D eigenvalue weighted by molar-refractivity contribution is 5.93. The van der Waals surface area contributed by atoms with Gasteiger partial charge in [-0.15, -0.1) is 0 Å². The number of rotatable bonds is 8. The number of likely N-dealkylation sites (N-methyl/N-ethyl adjacent to an activating group) is 1. The van der Waals surface area contributed by atoms with Gasteiger partial charge in [0.15, 0.2) is 17.5 Å². The smallest absolute Gasteiger partial charge is 0.195 e. The molecular weight excluding hydrogens is 392 g/mol. The lowest BCUT2D eigenvalue weighted by Gasteiger charge is -2.34. The molecule has 0 atom stereocenters. The van der Waals surface area contributed by atoms with Crippen LogP contribution < -0.4 is 25.0 Å². The molecule has 2 heterocycles. The number of methoxy groups -OCH3 is 1. The molecule has 0 amide bonds. The van der Waals surface area contributed by atoms with Gasteiger partial charge in [-0.2, -0.15) is 0 Å². The summed E-state index contributed by atoms with van der Waals surface area (Å²) in [6.45, 7) is 10.7. The predicted octanol–water partition coefficient (Wildman–Crippen LogP) is 2.82. The molecular formula is C23H34N6O2. The number of piperazine rings is 1. The van der Waals surface area contributed by atoms with Crippen LogP contribution in [0.5, 0.6) is 11.5 Å². The Labute approximate surface area is 185 Å². The first-order chi connectivity index (χ1) is 15.2. The van der Waals surface area contributed by atoms with Crippen molar-refractivity contribution in [1.29, 1.82) is 0 Å². The van der Waals surface area contributed by atoms with Crippen molar-refractivity contribution in [1.82, 2.24) is 15.2 Å². The molecule has 3 rings (SSSR count). The van der Waals surface area contributed by atoms with E-state index in [1.807, 2.05) is 37.4 Å². The van der Waals surface area contributed by atoms with Gasteiger partial charge in [0.1, 0.15) is 5.82 Å². The summed E-state index contributed by atoms with van der Waals surface area (Å²) < 4.78 is 11.0. The van der Waals surface area contributed by atoms with Crippen molar-refractivity contribution < 1.29 is 9.47 Å². The quantitative estimate of drug-likeness (QED) is 0.497. The highest BCUT2D eigenvalue weighted by Gasteiger charge is 2.17. The van der Waals surface area contributed by atoms with Crippen molar-refractivity contribution in [3.63, 3.8) is 0 Å². The highest BCUT2D eigenvalue weighted by Crippen LogP contribution is 2.30. The van der Waals surface area contributed by atoms with Crippen LogP contribution >= 0.6 is 0 Å². The van der Waals surface area contributed by atoms with Gasteiger partial charge in [-0.3, -0.25) is 4.99 Å². The number of ether oxygens (including phenoxy) is 2. The summed E-state index contributed by atoms with van der Waals surface area (Å²) in [6, 6.07) is 9.93. The number of aliphatic imine (C=N–C) groups is 1. The van der Waals surface area contributed by atoms with Crippen molar-refractivity contribution >= 4 is 17.5 Å². The summed E-state index contributed by atoms with van der Waals surface area (Å²) in [5.41, 5.74) is 2.03. The summed E-state index contributed by atoms with van der Waals surface area (Å²) in [7, 11) is 3.39. The minimum atomic E-state index is 0.592. The number of guanidine groups is 1. The molecule has 31 heavy (non-hydrogen) atoms. The molecule has 0 spiro atoms. The maximum Gasteiger partial charge on any atom is 0.195 e. The average Bonchev–Trinajstić information content (AvgIpc) is 2.83. The number of nitrogens with zero attached hydrogens (tertiary/aromatic N) is 4. The largest absolute Gasteiger partial charge is 0.493 e. The lowest BCUT2D eigenvalue weighted by Crippen LogP contribution is -2.46. The van der Waals surface area contributed by atoms with Gasteiger partial charge in [0.2, 0.25) is 0 Å². The van der Waals surface area contributed by atoms with Gasteiger partial charge in [-0.1, -0.05) is 6.92 Å². The fourth-order valence-corrected chi connectivity index (χ4v) is 3.56. The molecule has 1 aromatic carbocycles. The molecule has 2 aromatic rings. The van der Waals surface area contributed by atoms with Crippen molar-refractivity contribution in [2.45, 2.75) is 20.4 Å². The molecule has 8 nitrogen and oxygen atoms in total. The molecule has 8 heteroatoms. The van der Waals surface area contributed by atoms with Gasteiger partial charge in [0.05, 0.1) is 13.7 Å². The number of aromatic nitrogens is 1. The molecule has 0 aliphatic carbocycles. The number of anilines is 2. The van der Waals surface area contributed by atoms with Crippen molar-refractivity contribution in [2.24, 2.45) is 4.99 Å². The normalized spacial score (nSPS) is 15.0. The molecule has 1 aliphatic heterocycles. The second-order valence-corrected chi connectivity index (χ2v) is 7.29. The maximum atomic E-state index is 5.58. The van der Waals surface area contributed by atoms with Crippen molar-refractivity contribution in [2.75, 3.05) is 63.7 Å². The zero-order valence-electron chi connectivity index (χ0n) is 19.0. The van der Waals surface area contributed by atoms with Gasteiger partial charge in [-0.25, -0.2) is 4.98 Å². The molecule has 1 aromatic heterocycles. The minimum absolute atomic E-state index is 0.592. The number of nitrogens with one attached hydrogen (secondary N) is 2. The van der Waals surface area contributed by atoms with E-state index in [1.54, 1.807) is 14.2 Å². The maximum absolute atomic E-state index is 5.58. The van der Waals surface area contributed by atoms with Crippen LogP contribution in [-0.4, -0.2) is 69.3 Å². The lowest BCUT2D eigenvalue weighted by molar-refractivity contribution is 0.270. The van der Waals surface area contributed by atoms with Gasteiger partial charge in [-0.05, 0) is 43.3 Å². The molecule has 0 saturated carbocycles. The Bertz CT molecular complexity index is 865. The molecule has 168 valence electrons. The predicted molar refractivity (Wildman–Crippen MR) is 127 cm³/mol. The van der Waals surface area contributed by atoms with Crippen LogP contribution in [0, 0.1) is 0 Å². The summed E-state index contributed by atoms with van der Waals surface area (Å²) in [6.07, 6.45) is 1.88. The van der Waals surface area contributed by atoms with E-state index in [0.717, 1.165) is 55.5 Å². The molecule has 0 radical (unpaired) electrons. The lowest BCUT2D eigenvalue weighted by atomic mass is 10.2. The fourth-order valence-electron chi connectivity index (χ4n) is 3.56. The fraction of sp³-hybridized carbons (Fsp3) is 0.478. The first-order valence-corrected chi connectivity index (χ1v) is 10.9. The van der Waals surface area contributed by atoms with Gasteiger partial charge >= 0.3 is 0 Å². The third kappa shape index (κ3) is 6.24. The molecule has 0 bridgehead atoms. The molecule has 0 unspecified atom stereocenters. The zero-order chi connectivity index (χ0) is 22.1. The zero-order valence-corrected chi connectivity index (χ0v) is 19.0. The summed E-state index contributed by atoms with van der Waals surface area (Å²) in [5.74, 6) is 3.13. The SMILES string of the molecule is CCOc1ccc(NC(=NC)NCc2ccnc(N3CCN(CC)CC3)c2)cc1OC. The van der Waals surface area contributed by atoms with E-state index in [0.29, 0.717) is 24.9 Å². The van der Waals surface area contributed by atoms with E-state index >= 15 is 0 Å². The topological polar surface area (TPSA) is 74.2 Å². The number of hydrogen-bond acceptors (Lipinski definition) is 6. The van der Waals surface area contributed by atoms with Crippen LogP contribution in [0.25, 0.3) is 0 Å². The van der Waals surface area contributed by atoms with Gasteiger partial charge in [0.25, 0.3) is 0 Å². The third-order valence-corrected chi connectivity index (χ3v) is 5.36. The number of hydrogen-bond donors (Lipinski definition) is 2. The standard InChI is InChI=1S/C23H34N6O2/c1-5-28-11-13-29(14-12-28)22-15-18(9-10-25-22)17-26-23(24-3)27-19-7-8-20(31-6-2)21(16-19)30-4/h7-10,15-16H,5-6,11-14,17H2,1-4H3,(H2,24,26,27). The Morgan fingerprint density at radius 2 is 1.90 bits per heavy atom. The minimum Gasteiger partial charge on any atom is -0.493 e. The van der Waals surface area contributed by atoms with E-state index < -0.39 is 0 Å².